The minimum atomic E-state index is -1.10. The van der Waals surface area contributed by atoms with Crippen LogP contribution in [0.1, 0.15) is 40.0 Å². The van der Waals surface area contributed by atoms with Crippen LogP contribution in [0.15, 0.2) is 0 Å². The zero-order valence-electron chi connectivity index (χ0n) is 9.54. The summed E-state index contributed by atoms with van der Waals surface area (Å²) < 4.78 is 4.85. The summed E-state index contributed by atoms with van der Waals surface area (Å²) in [5, 5.41) is 0. The van der Waals surface area contributed by atoms with Crippen LogP contribution in [0, 0.1) is 5.41 Å². The molecule has 0 amide bonds. The first-order chi connectivity index (χ1) is 6.99. The quantitative estimate of drug-likeness (QED) is 0.279. The maximum atomic E-state index is 11.6. The van der Waals surface area contributed by atoms with Gasteiger partial charge >= 0.3 is 5.97 Å². The van der Waals surface area contributed by atoms with Gasteiger partial charge in [-0.2, -0.15) is 0 Å². The molecule has 0 N–H and O–H groups in total. The predicted molar refractivity (Wildman–Crippen MR) is 55.3 cm³/mol. The number of rotatable bonds is 7. The van der Waals surface area contributed by atoms with Crippen LogP contribution in [0.25, 0.3) is 0 Å². The molecule has 1 atom stereocenters. The molecule has 0 bridgehead atoms. The third kappa shape index (κ3) is 3.81. The molecule has 0 heterocycles. The lowest BCUT2D eigenvalue weighted by atomic mass is 9.81. The molecular formula is C11H18O4. The summed E-state index contributed by atoms with van der Waals surface area (Å²) in [6.07, 6.45) is 2.03. The highest BCUT2D eigenvalue weighted by molar-refractivity contribution is 6.02. The molecule has 0 spiro atoms. The van der Waals surface area contributed by atoms with E-state index < -0.39 is 11.4 Å². The summed E-state index contributed by atoms with van der Waals surface area (Å²) in [6.45, 7) is 4.90. The second-order valence-electron chi connectivity index (χ2n) is 3.67. The van der Waals surface area contributed by atoms with Crippen LogP contribution in [0.3, 0.4) is 0 Å². The van der Waals surface area contributed by atoms with E-state index in [1.165, 1.54) is 6.92 Å². The molecule has 0 aliphatic rings. The molecule has 0 aromatic rings. The molecular weight excluding hydrogens is 196 g/mol. The number of ketones is 1. The van der Waals surface area contributed by atoms with Gasteiger partial charge in [0.15, 0.2) is 0 Å². The lowest BCUT2D eigenvalue weighted by Gasteiger charge is -2.23. The fourth-order valence-electron chi connectivity index (χ4n) is 1.25. The lowest BCUT2D eigenvalue weighted by Crippen LogP contribution is -2.36. The van der Waals surface area contributed by atoms with Crippen LogP contribution < -0.4 is 0 Å². The maximum Gasteiger partial charge on any atom is 0.319 e. The van der Waals surface area contributed by atoms with Crippen molar-refractivity contribution in [3.63, 3.8) is 0 Å². The van der Waals surface area contributed by atoms with Gasteiger partial charge in [0.05, 0.1) is 6.61 Å². The van der Waals surface area contributed by atoms with Crippen LogP contribution in [0.2, 0.25) is 0 Å². The number of carbonyl (C=O) groups excluding carboxylic acids is 3. The fraction of sp³-hybridized carbons (Fsp3) is 0.727. The van der Waals surface area contributed by atoms with E-state index in [2.05, 4.69) is 0 Å². The Morgan fingerprint density at radius 2 is 2.00 bits per heavy atom. The van der Waals surface area contributed by atoms with Crippen molar-refractivity contribution in [3.05, 3.63) is 0 Å². The largest absolute Gasteiger partial charge is 0.465 e. The Hall–Kier alpha value is -1.19. The van der Waals surface area contributed by atoms with Gasteiger partial charge in [-0.1, -0.05) is 0 Å². The van der Waals surface area contributed by atoms with E-state index in [1.807, 2.05) is 0 Å². The standard InChI is InChI=1S/C11H18O4/c1-4-15-10(14)11(3,9(2)13)7-5-6-8-12/h8H,4-7H2,1-3H3. The van der Waals surface area contributed by atoms with E-state index >= 15 is 0 Å². The van der Waals surface area contributed by atoms with Gasteiger partial charge < -0.3 is 9.53 Å². The van der Waals surface area contributed by atoms with Crippen LogP contribution in [0.4, 0.5) is 0 Å². The maximum absolute atomic E-state index is 11.6. The Kier molecular flexibility index (Phi) is 5.82. The Morgan fingerprint density at radius 3 is 2.40 bits per heavy atom. The number of hydrogen-bond acceptors (Lipinski definition) is 4. The van der Waals surface area contributed by atoms with E-state index in [1.54, 1.807) is 13.8 Å². The molecule has 15 heavy (non-hydrogen) atoms. The first-order valence-corrected chi connectivity index (χ1v) is 5.11. The molecule has 0 radical (unpaired) electrons. The normalized spacial score (nSPS) is 14.1. The second-order valence-corrected chi connectivity index (χ2v) is 3.67. The first-order valence-electron chi connectivity index (χ1n) is 5.11. The van der Waals surface area contributed by atoms with Crippen LogP contribution in [-0.2, 0) is 19.1 Å². The highest BCUT2D eigenvalue weighted by Crippen LogP contribution is 2.27. The zero-order valence-corrected chi connectivity index (χ0v) is 9.54. The Bertz CT molecular complexity index is 247. The van der Waals surface area contributed by atoms with Crippen molar-refractivity contribution in [1.82, 2.24) is 0 Å². The summed E-state index contributed by atoms with van der Waals surface area (Å²) in [5.41, 5.74) is -1.10. The summed E-state index contributed by atoms with van der Waals surface area (Å²) in [5.74, 6) is -0.713. The van der Waals surface area contributed by atoms with Gasteiger partial charge in [0, 0.05) is 6.42 Å². The minimum Gasteiger partial charge on any atom is -0.465 e. The molecule has 86 valence electrons. The molecule has 0 aromatic carbocycles. The summed E-state index contributed by atoms with van der Waals surface area (Å²) in [6, 6.07) is 0. The van der Waals surface area contributed by atoms with E-state index in [0.29, 0.717) is 19.3 Å². The highest BCUT2D eigenvalue weighted by Gasteiger charge is 2.38. The van der Waals surface area contributed by atoms with Crippen molar-refractivity contribution in [3.8, 4) is 0 Å². The molecule has 0 saturated heterocycles. The van der Waals surface area contributed by atoms with Gasteiger partial charge in [0.2, 0.25) is 0 Å². The Morgan fingerprint density at radius 1 is 1.40 bits per heavy atom. The molecule has 0 saturated carbocycles. The highest BCUT2D eigenvalue weighted by atomic mass is 16.5. The average Bonchev–Trinajstić information content (AvgIpc) is 2.18. The molecule has 0 aliphatic heterocycles. The van der Waals surface area contributed by atoms with Gasteiger partial charge in [-0.25, -0.2) is 0 Å². The molecule has 0 rings (SSSR count). The van der Waals surface area contributed by atoms with E-state index in [9.17, 15) is 14.4 Å². The molecule has 1 unspecified atom stereocenters. The van der Waals surface area contributed by atoms with Crippen LogP contribution >= 0.6 is 0 Å². The molecule has 0 aromatic heterocycles. The topological polar surface area (TPSA) is 60.4 Å². The van der Waals surface area contributed by atoms with Crippen molar-refractivity contribution < 1.29 is 19.1 Å². The SMILES string of the molecule is CCOC(=O)C(C)(CCCC=O)C(C)=O. The molecule has 0 aliphatic carbocycles. The fourth-order valence-corrected chi connectivity index (χ4v) is 1.25. The van der Waals surface area contributed by atoms with E-state index in [-0.39, 0.29) is 12.4 Å². The average molecular weight is 214 g/mol. The number of aldehydes is 1. The van der Waals surface area contributed by atoms with Gasteiger partial charge in [-0.15, -0.1) is 0 Å². The summed E-state index contributed by atoms with van der Waals surface area (Å²) in [4.78, 5) is 33.1. The first kappa shape index (κ1) is 13.8. The van der Waals surface area contributed by atoms with Gasteiger partial charge in [-0.05, 0) is 33.6 Å². The molecule has 0 fully saturated rings. The Labute approximate surface area is 90.0 Å². The van der Waals surface area contributed by atoms with Crippen molar-refractivity contribution >= 4 is 18.0 Å². The molecule has 4 heteroatoms. The van der Waals surface area contributed by atoms with E-state index in [0.717, 1.165) is 6.29 Å². The predicted octanol–water partition coefficient (Wildman–Crippen LogP) is 1.51. The smallest absolute Gasteiger partial charge is 0.319 e. The van der Waals surface area contributed by atoms with Gasteiger partial charge in [-0.3, -0.25) is 9.59 Å². The minimum absolute atomic E-state index is 0.216. The summed E-state index contributed by atoms with van der Waals surface area (Å²) in [7, 11) is 0. The monoisotopic (exact) mass is 214 g/mol. The Balaban J connectivity index is 4.51. The number of unbranched alkanes of at least 4 members (excludes halogenated alkanes) is 1. The van der Waals surface area contributed by atoms with Gasteiger partial charge in [0.25, 0.3) is 0 Å². The van der Waals surface area contributed by atoms with E-state index in [4.69, 9.17) is 4.74 Å². The zero-order chi connectivity index (χ0) is 11.9. The third-order valence-corrected chi connectivity index (χ3v) is 2.50. The number of hydrogen-bond donors (Lipinski definition) is 0. The van der Waals surface area contributed by atoms with Gasteiger partial charge in [0.1, 0.15) is 17.5 Å². The number of esters is 1. The third-order valence-electron chi connectivity index (χ3n) is 2.50. The van der Waals surface area contributed by atoms with Crippen LogP contribution in [-0.4, -0.2) is 24.6 Å². The lowest BCUT2D eigenvalue weighted by molar-refractivity contribution is -0.159. The number of Topliss-reactive ketones (excluding diaryl/α,β-unsaturated/α-hetero) is 1. The molecule has 4 nitrogen and oxygen atoms in total. The van der Waals surface area contributed by atoms with Crippen molar-refractivity contribution in [2.45, 2.75) is 40.0 Å². The summed E-state index contributed by atoms with van der Waals surface area (Å²) >= 11 is 0. The number of ether oxygens (including phenoxy) is 1. The van der Waals surface area contributed by atoms with Crippen LogP contribution in [0.5, 0.6) is 0 Å². The number of carbonyl (C=O) groups is 3. The van der Waals surface area contributed by atoms with Crippen molar-refractivity contribution in [1.29, 1.82) is 0 Å². The van der Waals surface area contributed by atoms with Crippen molar-refractivity contribution in [2.24, 2.45) is 5.41 Å². The second kappa shape index (κ2) is 6.32. The van der Waals surface area contributed by atoms with Crippen molar-refractivity contribution in [2.75, 3.05) is 6.61 Å².